The van der Waals surface area contributed by atoms with Crippen molar-refractivity contribution >= 4 is 63.6 Å². The van der Waals surface area contributed by atoms with Gasteiger partial charge in [-0.05, 0) is 18.4 Å². The largest absolute Gasteiger partial charge is 0.480 e. The average Bonchev–Trinajstić information content (AvgIpc) is 3.44. The Balaban J connectivity index is 1.28. The molecule has 1 fully saturated rings. The molecule has 218 valence electrons. The fourth-order valence-corrected chi connectivity index (χ4v) is 6.43. The number of amides is 3. The molecule has 0 spiro atoms. The van der Waals surface area contributed by atoms with E-state index < -0.39 is 47.3 Å². The fraction of sp³-hybridized carbons (Fsp3) is 0.400. The molecule has 3 atom stereocenters. The number of aliphatic carboxylic acids is 2. The summed E-state index contributed by atoms with van der Waals surface area (Å²) in [6.45, 7) is -0.0227. The molecule has 0 aliphatic carbocycles. The number of rotatable bonds is 12. The van der Waals surface area contributed by atoms with Gasteiger partial charge in [-0.25, -0.2) is 14.4 Å². The number of fused-ring (bicyclic) bond motifs is 1. The van der Waals surface area contributed by atoms with Gasteiger partial charge in [0, 0.05) is 31.8 Å². The number of nitrogens with zero attached hydrogens (tertiary/aromatic N) is 4. The van der Waals surface area contributed by atoms with Crippen LogP contribution in [0.15, 0.2) is 36.0 Å². The lowest BCUT2D eigenvalue weighted by Gasteiger charge is -2.49. The minimum Gasteiger partial charge on any atom is -0.480 e. The quantitative estimate of drug-likeness (QED) is 0.255. The third kappa shape index (κ3) is 6.94. The van der Waals surface area contributed by atoms with Crippen molar-refractivity contribution in [3.05, 3.63) is 46.6 Å². The predicted octanol–water partition coefficient (Wildman–Crippen LogP) is 1.35. The number of β-lactam (4-membered cyclic amide) rings is 1. The molecule has 1 saturated heterocycles. The Hall–Kier alpha value is -4.18. The Morgan fingerprint density at radius 2 is 1.90 bits per heavy atom. The first-order valence-electron chi connectivity index (χ1n) is 12.5. The number of anilines is 1. The number of benzene rings is 1. The minimum atomic E-state index is -1.28. The van der Waals surface area contributed by atoms with E-state index in [1.807, 2.05) is 6.07 Å². The monoisotopic (exact) mass is 604 g/mol. The number of alkyl carbamates (subject to hydrolysis) is 1. The minimum absolute atomic E-state index is 0.0227. The summed E-state index contributed by atoms with van der Waals surface area (Å²) >= 11 is 2.52. The van der Waals surface area contributed by atoms with E-state index >= 15 is 0 Å². The van der Waals surface area contributed by atoms with Gasteiger partial charge in [0.1, 0.15) is 34.8 Å². The van der Waals surface area contributed by atoms with Crippen molar-refractivity contribution in [3.8, 4) is 0 Å². The molecule has 2 unspecified atom stereocenters. The number of carbonyl (C=O) groups excluding carboxylic acids is 3. The van der Waals surface area contributed by atoms with Crippen LogP contribution in [0.4, 0.5) is 9.93 Å². The maximum atomic E-state index is 12.9. The van der Waals surface area contributed by atoms with E-state index in [0.717, 1.165) is 10.5 Å². The summed E-state index contributed by atoms with van der Waals surface area (Å²) in [6, 6.07) is 6.71. The van der Waals surface area contributed by atoms with Crippen LogP contribution in [0.25, 0.3) is 5.57 Å². The highest BCUT2D eigenvalue weighted by molar-refractivity contribution is 8.00. The second-order valence-corrected chi connectivity index (χ2v) is 11.4. The highest BCUT2D eigenvalue weighted by Gasteiger charge is 2.54. The highest BCUT2D eigenvalue weighted by atomic mass is 32.2. The molecule has 4 N–H and O–H groups in total. The summed E-state index contributed by atoms with van der Waals surface area (Å²) in [5.41, 5.74) is 0.949. The number of hydrogen-bond donors (Lipinski definition) is 4. The number of nitrogens with one attached hydrogen (secondary N) is 2. The van der Waals surface area contributed by atoms with Gasteiger partial charge >= 0.3 is 18.0 Å². The SMILES string of the molecule is CN(C)c1nnc(C2=C(C(=O)O)N3C(=O)C(NC(=O)CCCC(NC(=O)OCc4ccccc4)C(=O)O)[C@@H]3SC2)s1. The summed E-state index contributed by atoms with van der Waals surface area (Å²) in [5.74, 6) is -3.35. The summed E-state index contributed by atoms with van der Waals surface area (Å²) in [7, 11) is 3.57. The zero-order valence-corrected chi connectivity index (χ0v) is 23.7. The molecule has 1 aromatic heterocycles. The predicted molar refractivity (Wildman–Crippen MR) is 149 cm³/mol. The summed E-state index contributed by atoms with van der Waals surface area (Å²) in [4.78, 5) is 64.1. The van der Waals surface area contributed by atoms with Crippen molar-refractivity contribution in [2.24, 2.45) is 0 Å². The van der Waals surface area contributed by atoms with Crippen LogP contribution in [0, 0.1) is 0 Å². The van der Waals surface area contributed by atoms with Gasteiger partial charge < -0.3 is 30.5 Å². The van der Waals surface area contributed by atoms with Crippen LogP contribution in [0.2, 0.25) is 0 Å². The molecule has 2 aliphatic heterocycles. The molecule has 14 nitrogen and oxygen atoms in total. The van der Waals surface area contributed by atoms with Crippen LogP contribution in [-0.2, 0) is 30.5 Å². The van der Waals surface area contributed by atoms with Crippen LogP contribution in [0.5, 0.6) is 0 Å². The van der Waals surface area contributed by atoms with Gasteiger partial charge in [-0.15, -0.1) is 22.0 Å². The van der Waals surface area contributed by atoms with E-state index in [9.17, 15) is 34.2 Å². The van der Waals surface area contributed by atoms with Crippen LogP contribution in [0.1, 0.15) is 29.8 Å². The smallest absolute Gasteiger partial charge is 0.408 e. The van der Waals surface area contributed by atoms with Gasteiger partial charge in [0.05, 0.1) is 0 Å². The number of carboxylic acid groups (broad SMARTS) is 2. The molecular formula is C25H28N6O8S2. The lowest BCUT2D eigenvalue weighted by Crippen LogP contribution is -2.70. The maximum Gasteiger partial charge on any atom is 0.408 e. The van der Waals surface area contributed by atoms with Gasteiger partial charge in [0.25, 0.3) is 5.91 Å². The molecule has 41 heavy (non-hydrogen) atoms. The number of thioether (sulfide) groups is 1. The number of carboxylic acids is 2. The Morgan fingerprint density at radius 3 is 2.54 bits per heavy atom. The molecule has 0 bridgehead atoms. The lowest BCUT2D eigenvalue weighted by atomic mass is 10.0. The Kier molecular flexibility index (Phi) is 9.44. The molecule has 3 heterocycles. The molecule has 0 radical (unpaired) electrons. The van der Waals surface area contributed by atoms with Crippen LogP contribution < -0.4 is 15.5 Å². The van der Waals surface area contributed by atoms with Crippen LogP contribution in [-0.4, -0.2) is 92.5 Å². The number of carbonyl (C=O) groups is 5. The summed E-state index contributed by atoms with van der Waals surface area (Å²) in [6.07, 6.45) is -0.928. The van der Waals surface area contributed by atoms with Crippen molar-refractivity contribution in [2.45, 2.75) is 43.3 Å². The van der Waals surface area contributed by atoms with Gasteiger partial charge in [-0.2, -0.15) is 0 Å². The molecule has 0 saturated carbocycles. The molecule has 2 aliphatic rings. The van der Waals surface area contributed by atoms with Gasteiger partial charge in [0.15, 0.2) is 0 Å². The number of hydrogen-bond acceptors (Lipinski definition) is 11. The second-order valence-electron chi connectivity index (χ2n) is 9.36. The van der Waals surface area contributed by atoms with Gasteiger partial charge in [0.2, 0.25) is 11.0 Å². The first-order valence-corrected chi connectivity index (χ1v) is 14.3. The highest BCUT2D eigenvalue weighted by Crippen LogP contribution is 2.44. The second kappa shape index (κ2) is 13.0. The van der Waals surface area contributed by atoms with Crippen molar-refractivity contribution in [1.29, 1.82) is 0 Å². The molecular weight excluding hydrogens is 576 g/mol. The topological polar surface area (TPSA) is 191 Å². The van der Waals surface area contributed by atoms with E-state index in [1.54, 1.807) is 43.3 Å². The number of aromatic nitrogens is 2. The Morgan fingerprint density at radius 1 is 1.17 bits per heavy atom. The van der Waals surface area contributed by atoms with E-state index in [1.165, 1.54) is 23.1 Å². The molecule has 16 heteroatoms. The standard InChI is InChI=1S/C25H28N6O8S2/c1-30(2)24-29-28-19(41-24)14-12-40-21-17(20(33)31(21)18(14)23(36)37)27-16(32)10-6-9-15(22(34)35)26-25(38)39-11-13-7-4-3-5-8-13/h3-5,7-8,15,17,21H,6,9-12H2,1-2H3,(H,26,38)(H,27,32)(H,34,35)(H,36,37)/t15?,17?,21-/m0/s1. The van der Waals surface area contributed by atoms with Crippen molar-refractivity contribution in [2.75, 3.05) is 24.7 Å². The zero-order valence-electron chi connectivity index (χ0n) is 22.1. The van der Waals surface area contributed by atoms with E-state index in [0.29, 0.717) is 15.7 Å². The zero-order chi connectivity index (χ0) is 29.7. The molecule has 4 rings (SSSR count). The normalized spacial score (nSPS) is 18.6. The van der Waals surface area contributed by atoms with Gasteiger partial charge in [-0.3, -0.25) is 14.5 Å². The average molecular weight is 605 g/mol. The van der Waals surface area contributed by atoms with E-state index in [4.69, 9.17) is 4.74 Å². The van der Waals surface area contributed by atoms with E-state index in [2.05, 4.69) is 20.8 Å². The van der Waals surface area contributed by atoms with Crippen molar-refractivity contribution < 1.29 is 38.9 Å². The summed E-state index contributed by atoms with van der Waals surface area (Å²) < 4.78 is 5.05. The lowest BCUT2D eigenvalue weighted by molar-refractivity contribution is -0.150. The third-order valence-electron chi connectivity index (χ3n) is 6.24. The van der Waals surface area contributed by atoms with Crippen LogP contribution in [0.3, 0.4) is 0 Å². The first kappa shape index (κ1) is 29.8. The fourth-order valence-electron chi connectivity index (χ4n) is 4.18. The van der Waals surface area contributed by atoms with Crippen LogP contribution >= 0.6 is 23.1 Å². The van der Waals surface area contributed by atoms with E-state index in [-0.39, 0.29) is 37.3 Å². The summed E-state index contributed by atoms with van der Waals surface area (Å²) in [5, 5.41) is 32.7. The third-order valence-corrected chi connectivity index (χ3v) is 8.67. The van der Waals surface area contributed by atoms with Gasteiger partial charge in [-0.1, -0.05) is 41.7 Å². The number of ether oxygens (including phenoxy) is 1. The first-order chi connectivity index (χ1) is 19.6. The van der Waals surface area contributed by atoms with Crippen molar-refractivity contribution in [3.63, 3.8) is 0 Å². The molecule has 2 aromatic rings. The maximum absolute atomic E-state index is 12.9. The molecule has 1 aromatic carbocycles. The Bertz CT molecular complexity index is 1360. The van der Waals surface area contributed by atoms with Crippen molar-refractivity contribution in [1.82, 2.24) is 25.7 Å². The molecule has 3 amide bonds. The Labute approximate surface area is 242 Å².